The number of hydrogen-bond donors (Lipinski definition) is 2. The van der Waals surface area contributed by atoms with E-state index < -0.39 is 17.5 Å². The molecule has 0 aromatic heterocycles. The fourth-order valence-electron chi connectivity index (χ4n) is 1.72. The van der Waals surface area contributed by atoms with Crippen LogP contribution in [-0.2, 0) is 0 Å². The number of anilines is 2. The van der Waals surface area contributed by atoms with Crippen molar-refractivity contribution in [2.45, 2.75) is 6.92 Å². The first-order valence-corrected chi connectivity index (χ1v) is 6.49. The number of aryl methyl sites for hydroxylation is 1. The molecule has 3 nitrogen and oxygen atoms in total. The van der Waals surface area contributed by atoms with Crippen LogP contribution in [0.15, 0.2) is 34.8 Å². The third-order valence-electron chi connectivity index (χ3n) is 2.70. The summed E-state index contributed by atoms with van der Waals surface area (Å²) in [6.07, 6.45) is 0. The van der Waals surface area contributed by atoms with E-state index in [2.05, 4.69) is 21.2 Å². The Morgan fingerprint density at radius 1 is 1.20 bits per heavy atom. The van der Waals surface area contributed by atoms with Crippen molar-refractivity contribution in [1.82, 2.24) is 0 Å². The Labute approximate surface area is 122 Å². The van der Waals surface area contributed by atoms with Gasteiger partial charge in [-0.3, -0.25) is 4.79 Å². The summed E-state index contributed by atoms with van der Waals surface area (Å²) in [5.41, 5.74) is 6.74. The average Bonchev–Trinajstić information content (AvgIpc) is 2.34. The highest BCUT2D eigenvalue weighted by Gasteiger charge is 2.12. The Morgan fingerprint density at radius 2 is 1.90 bits per heavy atom. The number of halogens is 3. The summed E-state index contributed by atoms with van der Waals surface area (Å²) < 4.78 is 26.7. The molecular formula is C14H11BrF2N2O. The second kappa shape index (κ2) is 5.58. The molecular weight excluding hydrogens is 330 g/mol. The molecule has 0 aliphatic carbocycles. The molecule has 0 atom stereocenters. The molecule has 0 saturated carbocycles. The first kappa shape index (κ1) is 14.5. The summed E-state index contributed by atoms with van der Waals surface area (Å²) in [4.78, 5) is 12.0. The molecule has 2 aromatic rings. The van der Waals surface area contributed by atoms with Gasteiger partial charge in [0.1, 0.15) is 11.6 Å². The number of amides is 1. The van der Waals surface area contributed by atoms with Crippen molar-refractivity contribution in [1.29, 1.82) is 0 Å². The molecule has 0 spiro atoms. The molecule has 0 fully saturated rings. The van der Waals surface area contributed by atoms with Crippen LogP contribution in [0.25, 0.3) is 0 Å². The zero-order valence-corrected chi connectivity index (χ0v) is 12.1. The fraction of sp³-hybridized carbons (Fsp3) is 0.0714. The van der Waals surface area contributed by atoms with Gasteiger partial charge in [0.05, 0.1) is 4.47 Å². The molecule has 20 heavy (non-hydrogen) atoms. The van der Waals surface area contributed by atoms with Crippen molar-refractivity contribution >= 4 is 33.2 Å². The number of nitrogen functional groups attached to an aromatic ring is 1. The maximum absolute atomic E-state index is 13.3. The zero-order valence-electron chi connectivity index (χ0n) is 10.5. The van der Waals surface area contributed by atoms with Crippen molar-refractivity contribution in [3.8, 4) is 0 Å². The molecule has 6 heteroatoms. The molecule has 0 aliphatic heterocycles. The summed E-state index contributed by atoms with van der Waals surface area (Å²) >= 11 is 3.04. The van der Waals surface area contributed by atoms with Gasteiger partial charge in [-0.1, -0.05) is 0 Å². The van der Waals surface area contributed by atoms with E-state index in [1.165, 1.54) is 18.2 Å². The Hall–Kier alpha value is -1.95. The van der Waals surface area contributed by atoms with E-state index in [1.54, 1.807) is 6.92 Å². The third kappa shape index (κ3) is 3.14. The number of carbonyl (C=O) groups is 1. The fourth-order valence-corrected chi connectivity index (χ4v) is 2.06. The minimum absolute atomic E-state index is 0.0994. The lowest BCUT2D eigenvalue weighted by Crippen LogP contribution is -2.13. The van der Waals surface area contributed by atoms with E-state index in [0.717, 1.165) is 12.1 Å². The quantitative estimate of drug-likeness (QED) is 0.815. The molecule has 104 valence electrons. The lowest BCUT2D eigenvalue weighted by molar-refractivity contribution is 0.102. The molecule has 3 N–H and O–H groups in total. The van der Waals surface area contributed by atoms with Gasteiger partial charge >= 0.3 is 0 Å². The van der Waals surface area contributed by atoms with E-state index in [9.17, 15) is 13.6 Å². The smallest absolute Gasteiger partial charge is 0.255 e. The highest BCUT2D eigenvalue weighted by Crippen LogP contribution is 2.25. The second-order valence-electron chi connectivity index (χ2n) is 4.31. The van der Waals surface area contributed by atoms with Crippen LogP contribution in [0.5, 0.6) is 0 Å². The second-order valence-corrected chi connectivity index (χ2v) is 5.16. The van der Waals surface area contributed by atoms with Crippen LogP contribution < -0.4 is 11.1 Å². The van der Waals surface area contributed by atoms with E-state index in [4.69, 9.17) is 5.73 Å². The van der Waals surface area contributed by atoms with Crippen LogP contribution in [0.1, 0.15) is 15.9 Å². The van der Waals surface area contributed by atoms with Gasteiger partial charge in [0.15, 0.2) is 0 Å². The summed E-state index contributed by atoms with van der Waals surface area (Å²) in [6.45, 7) is 1.66. The highest BCUT2D eigenvalue weighted by molar-refractivity contribution is 9.10. The first-order chi connectivity index (χ1) is 9.36. The molecule has 1 amide bonds. The van der Waals surface area contributed by atoms with Crippen LogP contribution in [-0.4, -0.2) is 5.91 Å². The average molecular weight is 341 g/mol. The Morgan fingerprint density at radius 3 is 2.55 bits per heavy atom. The monoisotopic (exact) mass is 340 g/mol. The van der Waals surface area contributed by atoms with Crippen molar-refractivity contribution in [2.75, 3.05) is 11.1 Å². The van der Waals surface area contributed by atoms with Gasteiger partial charge in [-0.05, 0) is 58.7 Å². The van der Waals surface area contributed by atoms with Gasteiger partial charge < -0.3 is 11.1 Å². The van der Waals surface area contributed by atoms with E-state index in [1.807, 2.05) is 0 Å². The third-order valence-corrected chi connectivity index (χ3v) is 3.31. The lowest BCUT2D eigenvalue weighted by atomic mass is 10.1. The van der Waals surface area contributed by atoms with Crippen molar-refractivity contribution in [3.05, 3.63) is 57.6 Å². The lowest BCUT2D eigenvalue weighted by Gasteiger charge is -2.10. The van der Waals surface area contributed by atoms with E-state index in [-0.39, 0.29) is 15.7 Å². The predicted molar refractivity (Wildman–Crippen MR) is 77.6 cm³/mol. The molecule has 0 unspecified atom stereocenters. The van der Waals surface area contributed by atoms with E-state index >= 15 is 0 Å². The zero-order chi connectivity index (χ0) is 14.9. The number of hydrogen-bond acceptors (Lipinski definition) is 2. The maximum Gasteiger partial charge on any atom is 0.255 e. The largest absolute Gasteiger partial charge is 0.399 e. The normalized spacial score (nSPS) is 10.4. The Kier molecular flexibility index (Phi) is 4.04. The molecule has 0 heterocycles. The minimum atomic E-state index is -0.591. The minimum Gasteiger partial charge on any atom is -0.399 e. The van der Waals surface area contributed by atoms with Crippen molar-refractivity contribution in [2.24, 2.45) is 0 Å². The maximum atomic E-state index is 13.3. The molecule has 0 bridgehead atoms. The van der Waals surface area contributed by atoms with Crippen LogP contribution in [0.2, 0.25) is 0 Å². The summed E-state index contributed by atoms with van der Waals surface area (Å²) in [5.74, 6) is -1.53. The SMILES string of the molecule is Cc1cc(F)c(Br)cc1NC(=O)c1cc(N)cc(F)c1. The standard InChI is InChI=1S/C14H11BrF2N2O/c1-7-2-12(17)11(15)6-13(7)19-14(20)8-3-9(16)5-10(18)4-8/h2-6H,18H2,1H3,(H,19,20). The van der Waals surface area contributed by atoms with Gasteiger partial charge in [0, 0.05) is 16.9 Å². The topological polar surface area (TPSA) is 55.1 Å². The number of nitrogens with two attached hydrogens (primary N) is 1. The number of rotatable bonds is 2. The van der Waals surface area contributed by atoms with Gasteiger partial charge in [-0.2, -0.15) is 0 Å². The summed E-state index contributed by atoms with van der Waals surface area (Å²) in [7, 11) is 0. The van der Waals surface area contributed by atoms with E-state index in [0.29, 0.717) is 11.3 Å². The van der Waals surface area contributed by atoms with Crippen LogP contribution in [0, 0.1) is 18.6 Å². The van der Waals surface area contributed by atoms with Gasteiger partial charge in [0.2, 0.25) is 0 Å². The predicted octanol–water partition coefficient (Wildman–Crippen LogP) is 3.87. The molecule has 2 aromatic carbocycles. The highest BCUT2D eigenvalue weighted by atomic mass is 79.9. The summed E-state index contributed by atoms with van der Waals surface area (Å²) in [5, 5.41) is 2.59. The van der Waals surface area contributed by atoms with Crippen LogP contribution in [0.3, 0.4) is 0 Å². The van der Waals surface area contributed by atoms with Gasteiger partial charge in [-0.15, -0.1) is 0 Å². The Bertz CT molecular complexity index is 669. The molecule has 0 radical (unpaired) electrons. The van der Waals surface area contributed by atoms with Gasteiger partial charge in [0.25, 0.3) is 5.91 Å². The number of carbonyl (C=O) groups excluding carboxylic acids is 1. The van der Waals surface area contributed by atoms with Crippen molar-refractivity contribution in [3.63, 3.8) is 0 Å². The molecule has 0 saturated heterocycles. The number of benzene rings is 2. The van der Waals surface area contributed by atoms with Gasteiger partial charge in [-0.25, -0.2) is 8.78 Å². The summed E-state index contributed by atoms with van der Waals surface area (Å²) in [6, 6.07) is 6.31. The first-order valence-electron chi connectivity index (χ1n) is 5.70. The van der Waals surface area contributed by atoms with Crippen molar-refractivity contribution < 1.29 is 13.6 Å². The Balaban J connectivity index is 2.30. The van der Waals surface area contributed by atoms with Crippen LogP contribution in [0.4, 0.5) is 20.2 Å². The number of nitrogens with one attached hydrogen (secondary N) is 1. The molecule has 2 rings (SSSR count). The van der Waals surface area contributed by atoms with Crippen LogP contribution >= 0.6 is 15.9 Å². The molecule has 0 aliphatic rings.